The summed E-state index contributed by atoms with van der Waals surface area (Å²) in [4.78, 5) is 17.4. The van der Waals surface area contributed by atoms with Crippen molar-refractivity contribution in [2.45, 2.75) is 0 Å². The number of benzene rings is 4. The molecule has 0 saturated carbocycles. The summed E-state index contributed by atoms with van der Waals surface area (Å²) in [5.74, 6) is -0.657. The third-order valence-corrected chi connectivity index (χ3v) is 5.10. The van der Waals surface area contributed by atoms with Gasteiger partial charge in [0.15, 0.2) is 0 Å². The smallest absolute Gasteiger partial charge is 0.211 e. The zero-order valence-electron chi connectivity index (χ0n) is 15.9. The quantitative estimate of drug-likeness (QED) is 0.227. The topological polar surface area (TPSA) is 47.8 Å². The molecule has 0 aliphatic rings. The van der Waals surface area contributed by atoms with Crippen LogP contribution in [0.5, 0.6) is 0 Å². The SMILES string of the molecule is O=C(C(=Cc1c2ccccc2cc2ccccc12)n1cncn1)c1ccc(F)cc1. The Bertz CT molecular complexity index is 1350. The van der Waals surface area contributed by atoms with Crippen molar-refractivity contribution >= 4 is 39.1 Å². The van der Waals surface area contributed by atoms with Crippen LogP contribution < -0.4 is 0 Å². The van der Waals surface area contributed by atoms with Crippen LogP contribution in [0.2, 0.25) is 0 Å². The molecule has 144 valence electrons. The minimum absolute atomic E-state index is 0.266. The van der Waals surface area contributed by atoms with Gasteiger partial charge in [-0.25, -0.2) is 14.1 Å². The summed E-state index contributed by atoms with van der Waals surface area (Å²) < 4.78 is 14.8. The molecule has 5 aromatic rings. The number of rotatable bonds is 4. The van der Waals surface area contributed by atoms with Crippen molar-refractivity contribution < 1.29 is 9.18 Å². The maximum atomic E-state index is 13.4. The molecule has 1 heterocycles. The molecule has 0 aliphatic carbocycles. The second kappa shape index (κ2) is 7.37. The first-order chi connectivity index (χ1) is 14.7. The monoisotopic (exact) mass is 393 g/mol. The van der Waals surface area contributed by atoms with Crippen LogP contribution in [0.15, 0.2) is 91.5 Å². The van der Waals surface area contributed by atoms with E-state index in [9.17, 15) is 9.18 Å². The molecule has 30 heavy (non-hydrogen) atoms. The molecule has 1 aromatic heterocycles. The van der Waals surface area contributed by atoms with Gasteiger partial charge in [0, 0.05) is 5.56 Å². The number of nitrogens with zero attached hydrogens (tertiary/aromatic N) is 3. The predicted octanol–water partition coefficient (Wildman–Crippen LogP) is 5.60. The van der Waals surface area contributed by atoms with Crippen LogP contribution in [0.1, 0.15) is 15.9 Å². The molecule has 0 aliphatic heterocycles. The Morgan fingerprint density at radius 3 is 2.10 bits per heavy atom. The van der Waals surface area contributed by atoms with Crippen LogP contribution in [0.3, 0.4) is 0 Å². The summed E-state index contributed by atoms with van der Waals surface area (Å²) in [7, 11) is 0. The third-order valence-electron chi connectivity index (χ3n) is 5.10. The van der Waals surface area contributed by atoms with Crippen molar-refractivity contribution in [3.05, 3.63) is 108 Å². The Labute approximate surface area is 171 Å². The number of aromatic nitrogens is 3. The van der Waals surface area contributed by atoms with Gasteiger partial charge in [0.2, 0.25) is 5.78 Å². The molecule has 5 heteroatoms. The maximum absolute atomic E-state index is 13.4. The van der Waals surface area contributed by atoms with Crippen molar-refractivity contribution in [1.82, 2.24) is 14.8 Å². The summed E-state index contributed by atoms with van der Waals surface area (Å²) in [6.45, 7) is 0. The number of hydrogen-bond donors (Lipinski definition) is 0. The first-order valence-electron chi connectivity index (χ1n) is 9.48. The first kappa shape index (κ1) is 17.9. The second-order valence-electron chi connectivity index (χ2n) is 6.94. The molecule has 0 spiro atoms. The Morgan fingerprint density at radius 2 is 1.50 bits per heavy atom. The van der Waals surface area contributed by atoms with Gasteiger partial charge in [0.05, 0.1) is 0 Å². The van der Waals surface area contributed by atoms with E-state index in [0.717, 1.165) is 27.1 Å². The van der Waals surface area contributed by atoms with E-state index in [-0.39, 0.29) is 5.78 Å². The molecule has 0 fully saturated rings. The van der Waals surface area contributed by atoms with E-state index in [4.69, 9.17) is 0 Å². The van der Waals surface area contributed by atoms with Gasteiger partial charge < -0.3 is 0 Å². The summed E-state index contributed by atoms with van der Waals surface area (Å²) in [6.07, 6.45) is 4.71. The molecular formula is C25H16FN3O. The molecule has 4 aromatic carbocycles. The van der Waals surface area contributed by atoms with Crippen LogP contribution in [0.4, 0.5) is 4.39 Å². The van der Waals surface area contributed by atoms with Crippen molar-refractivity contribution in [1.29, 1.82) is 0 Å². The lowest BCUT2D eigenvalue weighted by Gasteiger charge is -2.11. The number of carbonyl (C=O) groups is 1. The zero-order chi connectivity index (χ0) is 20.5. The van der Waals surface area contributed by atoms with E-state index >= 15 is 0 Å². The molecule has 5 rings (SSSR count). The van der Waals surface area contributed by atoms with Gasteiger partial charge in [-0.2, -0.15) is 5.10 Å². The highest BCUT2D eigenvalue weighted by molar-refractivity contribution is 6.29. The second-order valence-corrected chi connectivity index (χ2v) is 6.94. The van der Waals surface area contributed by atoms with Crippen molar-refractivity contribution in [2.24, 2.45) is 0 Å². The number of carbonyl (C=O) groups excluding carboxylic acids is 1. The molecule has 4 nitrogen and oxygen atoms in total. The summed E-state index contributed by atoms with van der Waals surface area (Å²) >= 11 is 0. The maximum Gasteiger partial charge on any atom is 0.211 e. The average Bonchev–Trinajstić information content (AvgIpc) is 3.31. The van der Waals surface area contributed by atoms with Gasteiger partial charge in [-0.05, 0) is 63.5 Å². The van der Waals surface area contributed by atoms with Gasteiger partial charge in [-0.1, -0.05) is 48.5 Å². The van der Waals surface area contributed by atoms with Gasteiger partial charge in [0.1, 0.15) is 24.2 Å². The lowest BCUT2D eigenvalue weighted by atomic mass is 9.95. The first-order valence-corrected chi connectivity index (χ1v) is 9.48. The lowest BCUT2D eigenvalue weighted by molar-refractivity contribution is 0.105. The fraction of sp³-hybridized carbons (Fsp3) is 0. The highest BCUT2D eigenvalue weighted by atomic mass is 19.1. The highest BCUT2D eigenvalue weighted by Crippen LogP contribution is 2.31. The Morgan fingerprint density at radius 1 is 0.867 bits per heavy atom. The zero-order valence-corrected chi connectivity index (χ0v) is 15.9. The predicted molar refractivity (Wildman–Crippen MR) is 116 cm³/mol. The molecule has 0 saturated heterocycles. The van der Waals surface area contributed by atoms with Gasteiger partial charge in [-0.15, -0.1) is 0 Å². The standard InChI is InChI=1S/C25H16FN3O/c26-20-11-9-17(10-12-20)25(30)24(29-16-27-15-28-29)14-23-21-7-3-1-5-18(21)13-19-6-2-4-8-22(19)23/h1-16H. The van der Waals surface area contributed by atoms with E-state index in [1.807, 2.05) is 42.5 Å². The van der Waals surface area contributed by atoms with Crippen molar-refractivity contribution in [2.75, 3.05) is 0 Å². The Kier molecular flexibility index (Phi) is 4.41. The molecular weight excluding hydrogens is 377 g/mol. The van der Waals surface area contributed by atoms with Crippen LogP contribution in [0, 0.1) is 5.82 Å². The number of ketones is 1. The Balaban J connectivity index is 1.79. The van der Waals surface area contributed by atoms with Crippen LogP contribution in [-0.4, -0.2) is 20.5 Å². The summed E-state index contributed by atoms with van der Waals surface area (Å²) in [6, 6.07) is 23.8. The largest absolute Gasteiger partial charge is 0.287 e. The Hall–Kier alpha value is -4.12. The van der Waals surface area contributed by atoms with Gasteiger partial charge >= 0.3 is 0 Å². The summed E-state index contributed by atoms with van der Waals surface area (Å²) in [5.41, 5.74) is 1.63. The third kappa shape index (κ3) is 3.16. The van der Waals surface area contributed by atoms with E-state index < -0.39 is 5.82 Å². The fourth-order valence-electron chi connectivity index (χ4n) is 3.66. The normalized spacial score (nSPS) is 11.8. The van der Waals surface area contributed by atoms with Crippen LogP contribution in [0.25, 0.3) is 33.3 Å². The van der Waals surface area contributed by atoms with Gasteiger partial charge in [0.25, 0.3) is 0 Å². The van der Waals surface area contributed by atoms with E-state index in [1.54, 1.807) is 0 Å². The lowest BCUT2D eigenvalue weighted by Crippen LogP contribution is -2.10. The van der Waals surface area contributed by atoms with Crippen LogP contribution in [-0.2, 0) is 0 Å². The van der Waals surface area contributed by atoms with E-state index in [0.29, 0.717) is 11.3 Å². The minimum atomic E-state index is -0.391. The number of halogens is 1. The fourth-order valence-corrected chi connectivity index (χ4v) is 3.66. The molecule has 0 N–H and O–H groups in total. The number of allylic oxidation sites excluding steroid dienone is 1. The highest BCUT2D eigenvalue weighted by Gasteiger charge is 2.17. The minimum Gasteiger partial charge on any atom is -0.287 e. The van der Waals surface area contributed by atoms with Crippen molar-refractivity contribution in [3.8, 4) is 0 Å². The molecule has 0 unspecified atom stereocenters. The molecule has 0 amide bonds. The molecule has 0 radical (unpaired) electrons. The van der Waals surface area contributed by atoms with E-state index in [1.165, 1.54) is 41.6 Å². The number of Topliss-reactive ketones (excluding diaryl/α,β-unsaturated/α-hetero) is 1. The molecule has 0 atom stereocenters. The average molecular weight is 393 g/mol. The number of fused-ring (bicyclic) bond motifs is 2. The summed E-state index contributed by atoms with van der Waals surface area (Å²) in [5, 5.41) is 8.39. The molecule has 0 bridgehead atoms. The van der Waals surface area contributed by atoms with Gasteiger partial charge in [-0.3, -0.25) is 4.79 Å². The van der Waals surface area contributed by atoms with Crippen molar-refractivity contribution in [3.63, 3.8) is 0 Å². The van der Waals surface area contributed by atoms with E-state index in [2.05, 4.69) is 28.3 Å². The number of hydrogen-bond acceptors (Lipinski definition) is 3. The van der Waals surface area contributed by atoms with Crippen LogP contribution >= 0.6 is 0 Å².